The topological polar surface area (TPSA) is 33.6 Å². The van der Waals surface area contributed by atoms with Crippen molar-refractivity contribution in [2.75, 3.05) is 19.0 Å². The molecule has 1 unspecified atom stereocenters. The standard InChI is InChI=1S/C10H18N2OS/c1-8-4-7-14-10(11-8)12-9-2-5-13-6-3-9/h8-9H,2-7H2,1H3,(H,11,12). The summed E-state index contributed by atoms with van der Waals surface area (Å²) in [6.45, 7) is 3.97. The van der Waals surface area contributed by atoms with Gasteiger partial charge in [0.2, 0.25) is 0 Å². The zero-order valence-electron chi connectivity index (χ0n) is 8.66. The smallest absolute Gasteiger partial charge is 0.157 e. The maximum absolute atomic E-state index is 5.31. The molecule has 80 valence electrons. The fourth-order valence-corrected chi connectivity index (χ4v) is 2.88. The molecule has 2 aliphatic rings. The molecule has 2 rings (SSSR count). The molecule has 3 nitrogen and oxygen atoms in total. The Kier molecular flexibility index (Phi) is 3.70. The van der Waals surface area contributed by atoms with Crippen LogP contribution in [0.25, 0.3) is 0 Å². The first kappa shape index (κ1) is 10.3. The number of amidine groups is 1. The van der Waals surface area contributed by atoms with E-state index in [4.69, 9.17) is 9.73 Å². The first-order chi connectivity index (χ1) is 6.84. The molecule has 0 aromatic carbocycles. The van der Waals surface area contributed by atoms with Gasteiger partial charge in [0.25, 0.3) is 0 Å². The van der Waals surface area contributed by atoms with Crippen molar-refractivity contribution in [3.05, 3.63) is 0 Å². The van der Waals surface area contributed by atoms with Crippen LogP contribution in [0.4, 0.5) is 0 Å². The number of aliphatic imine (C=N–C) groups is 1. The van der Waals surface area contributed by atoms with Crippen LogP contribution in [-0.2, 0) is 4.74 Å². The second-order valence-corrected chi connectivity index (χ2v) is 5.04. The second kappa shape index (κ2) is 5.03. The highest BCUT2D eigenvalue weighted by atomic mass is 32.2. The summed E-state index contributed by atoms with van der Waals surface area (Å²) in [5.74, 6) is 1.20. The number of nitrogens with one attached hydrogen (secondary N) is 1. The molecule has 2 fully saturated rings. The Morgan fingerprint density at radius 3 is 2.86 bits per heavy atom. The molecule has 1 atom stereocenters. The van der Waals surface area contributed by atoms with Crippen molar-refractivity contribution in [2.45, 2.75) is 38.3 Å². The average molecular weight is 214 g/mol. The number of hydrogen-bond acceptors (Lipinski definition) is 3. The first-order valence-electron chi connectivity index (χ1n) is 5.39. The van der Waals surface area contributed by atoms with Crippen molar-refractivity contribution in [3.8, 4) is 0 Å². The number of hydrogen-bond donors (Lipinski definition) is 1. The highest BCUT2D eigenvalue weighted by Gasteiger charge is 2.17. The van der Waals surface area contributed by atoms with Gasteiger partial charge in [-0.05, 0) is 26.2 Å². The van der Waals surface area contributed by atoms with Crippen LogP contribution < -0.4 is 5.32 Å². The molecule has 0 aromatic rings. The molecule has 2 saturated heterocycles. The van der Waals surface area contributed by atoms with Gasteiger partial charge in [0, 0.05) is 25.0 Å². The Morgan fingerprint density at radius 2 is 2.14 bits per heavy atom. The predicted octanol–water partition coefficient (Wildman–Crippen LogP) is 1.64. The van der Waals surface area contributed by atoms with Crippen molar-refractivity contribution >= 4 is 16.9 Å². The van der Waals surface area contributed by atoms with E-state index in [9.17, 15) is 0 Å². The average Bonchev–Trinajstić information content (AvgIpc) is 2.19. The van der Waals surface area contributed by atoms with E-state index in [0.717, 1.165) is 31.2 Å². The third-order valence-corrected chi connectivity index (χ3v) is 3.59. The highest BCUT2D eigenvalue weighted by molar-refractivity contribution is 8.13. The minimum Gasteiger partial charge on any atom is -0.381 e. The summed E-state index contributed by atoms with van der Waals surface area (Å²) < 4.78 is 5.31. The Bertz CT molecular complexity index is 214. The number of nitrogens with zero attached hydrogens (tertiary/aromatic N) is 1. The fourth-order valence-electron chi connectivity index (χ4n) is 1.71. The van der Waals surface area contributed by atoms with Crippen molar-refractivity contribution in [1.29, 1.82) is 0 Å². The first-order valence-corrected chi connectivity index (χ1v) is 6.38. The van der Waals surface area contributed by atoms with Crippen molar-refractivity contribution in [3.63, 3.8) is 0 Å². The van der Waals surface area contributed by atoms with Crippen LogP contribution >= 0.6 is 11.8 Å². The monoisotopic (exact) mass is 214 g/mol. The summed E-state index contributed by atoms with van der Waals surface area (Å²) in [5, 5.41) is 4.58. The van der Waals surface area contributed by atoms with E-state index < -0.39 is 0 Å². The van der Waals surface area contributed by atoms with Gasteiger partial charge in [-0.1, -0.05) is 11.8 Å². The maximum Gasteiger partial charge on any atom is 0.157 e. The number of thioether (sulfide) groups is 1. The van der Waals surface area contributed by atoms with E-state index in [-0.39, 0.29) is 0 Å². The van der Waals surface area contributed by atoms with Gasteiger partial charge in [-0.15, -0.1) is 0 Å². The molecule has 2 heterocycles. The van der Waals surface area contributed by atoms with Gasteiger partial charge in [-0.25, -0.2) is 0 Å². The van der Waals surface area contributed by atoms with Crippen LogP contribution in [0.2, 0.25) is 0 Å². The molecule has 1 N–H and O–H groups in total. The number of rotatable bonds is 1. The van der Waals surface area contributed by atoms with Crippen molar-refractivity contribution < 1.29 is 4.74 Å². The molecule has 0 spiro atoms. The summed E-state index contributed by atoms with van der Waals surface area (Å²) in [6.07, 6.45) is 3.41. The zero-order valence-corrected chi connectivity index (χ0v) is 9.48. The second-order valence-electron chi connectivity index (χ2n) is 3.96. The van der Waals surface area contributed by atoms with E-state index in [0.29, 0.717) is 12.1 Å². The Hall–Kier alpha value is -0.220. The van der Waals surface area contributed by atoms with Crippen molar-refractivity contribution in [2.24, 2.45) is 4.99 Å². The predicted molar refractivity (Wildman–Crippen MR) is 60.9 cm³/mol. The fraction of sp³-hybridized carbons (Fsp3) is 0.900. The van der Waals surface area contributed by atoms with Gasteiger partial charge in [0.1, 0.15) is 0 Å². The highest BCUT2D eigenvalue weighted by Crippen LogP contribution is 2.17. The molecule has 0 aromatic heterocycles. The SMILES string of the molecule is CC1CCSC(=NC2CCOCC2)N1. The molecular formula is C10H18N2OS. The molecule has 2 aliphatic heterocycles. The van der Waals surface area contributed by atoms with E-state index in [1.807, 2.05) is 11.8 Å². The molecule has 0 aliphatic carbocycles. The summed E-state index contributed by atoms with van der Waals surface area (Å²) >= 11 is 1.86. The van der Waals surface area contributed by atoms with Gasteiger partial charge in [0.15, 0.2) is 5.17 Å². The Morgan fingerprint density at radius 1 is 1.36 bits per heavy atom. The van der Waals surface area contributed by atoms with E-state index in [2.05, 4.69) is 12.2 Å². The third-order valence-electron chi connectivity index (χ3n) is 2.65. The minimum atomic E-state index is 0.490. The maximum atomic E-state index is 5.31. The molecule has 0 amide bonds. The van der Waals surface area contributed by atoms with Crippen LogP contribution in [0.15, 0.2) is 4.99 Å². The third kappa shape index (κ3) is 2.89. The quantitative estimate of drug-likeness (QED) is 0.720. The summed E-state index contributed by atoms with van der Waals surface area (Å²) in [6, 6.07) is 1.08. The van der Waals surface area contributed by atoms with E-state index >= 15 is 0 Å². The zero-order chi connectivity index (χ0) is 9.80. The van der Waals surface area contributed by atoms with E-state index in [1.54, 1.807) is 0 Å². The van der Waals surface area contributed by atoms with Crippen LogP contribution in [-0.4, -0.2) is 36.2 Å². The minimum absolute atomic E-state index is 0.490. The largest absolute Gasteiger partial charge is 0.381 e. The van der Waals surface area contributed by atoms with Crippen LogP contribution in [0.1, 0.15) is 26.2 Å². The molecule has 4 heteroatoms. The van der Waals surface area contributed by atoms with Gasteiger partial charge in [-0.3, -0.25) is 4.99 Å². The summed E-state index contributed by atoms with van der Waals surface area (Å²) in [4.78, 5) is 4.73. The van der Waals surface area contributed by atoms with Gasteiger partial charge in [-0.2, -0.15) is 0 Å². The molecular weight excluding hydrogens is 196 g/mol. The summed E-state index contributed by atoms with van der Waals surface area (Å²) in [7, 11) is 0. The lowest BCUT2D eigenvalue weighted by atomic mass is 10.1. The van der Waals surface area contributed by atoms with Gasteiger partial charge in [0.05, 0.1) is 6.04 Å². The molecule has 0 bridgehead atoms. The van der Waals surface area contributed by atoms with E-state index in [1.165, 1.54) is 12.2 Å². The normalized spacial score (nSPS) is 32.9. The van der Waals surface area contributed by atoms with Crippen LogP contribution in [0.5, 0.6) is 0 Å². The van der Waals surface area contributed by atoms with Crippen LogP contribution in [0.3, 0.4) is 0 Å². The van der Waals surface area contributed by atoms with Crippen LogP contribution in [0, 0.1) is 0 Å². The van der Waals surface area contributed by atoms with Gasteiger partial charge >= 0.3 is 0 Å². The Labute approximate surface area is 89.7 Å². The lowest BCUT2D eigenvalue weighted by molar-refractivity contribution is 0.0871. The Balaban J connectivity index is 1.88. The van der Waals surface area contributed by atoms with Crippen molar-refractivity contribution in [1.82, 2.24) is 5.32 Å². The lowest BCUT2D eigenvalue weighted by Crippen LogP contribution is -2.36. The lowest BCUT2D eigenvalue weighted by Gasteiger charge is -2.25. The number of ether oxygens (including phenoxy) is 1. The molecule has 14 heavy (non-hydrogen) atoms. The summed E-state index contributed by atoms with van der Waals surface area (Å²) in [5.41, 5.74) is 0. The molecule has 0 saturated carbocycles. The van der Waals surface area contributed by atoms with Gasteiger partial charge < -0.3 is 10.1 Å². The molecule has 0 radical (unpaired) electrons.